The van der Waals surface area contributed by atoms with Gasteiger partial charge in [0.25, 0.3) is 0 Å². The fourth-order valence-corrected chi connectivity index (χ4v) is 2.59. The number of hydrogen-bond acceptors (Lipinski definition) is 6. The lowest BCUT2D eigenvalue weighted by atomic mass is 10.2. The molecule has 0 amide bonds. The van der Waals surface area contributed by atoms with E-state index < -0.39 is 0 Å². The van der Waals surface area contributed by atoms with Crippen LogP contribution >= 0.6 is 11.8 Å². The van der Waals surface area contributed by atoms with E-state index in [1.54, 1.807) is 7.11 Å². The third-order valence-electron chi connectivity index (χ3n) is 2.67. The number of nitrogens with zero attached hydrogens (tertiary/aromatic N) is 4. The first-order valence-corrected chi connectivity index (χ1v) is 7.06. The highest BCUT2D eigenvalue weighted by Gasteiger charge is 2.16. The smallest absolute Gasteiger partial charge is 0.245 e. The Labute approximate surface area is 110 Å². The van der Waals surface area contributed by atoms with Gasteiger partial charge in [0.1, 0.15) is 6.33 Å². The van der Waals surface area contributed by atoms with Gasteiger partial charge in [0.2, 0.25) is 11.8 Å². The summed E-state index contributed by atoms with van der Waals surface area (Å²) in [6, 6.07) is 0. The molecule has 7 heteroatoms. The highest BCUT2D eigenvalue weighted by Crippen LogP contribution is 2.23. The molecule has 6 nitrogen and oxygen atoms in total. The number of ether oxygens (including phenoxy) is 1. The average molecular weight is 267 g/mol. The van der Waals surface area contributed by atoms with Crippen LogP contribution in [0.1, 0.15) is 6.92 Å². The van der Waals surface area contributed by atoms with Gasteiger partial charge in [-0.2, -0.15) is 16.7 Å². The minimum Gasteiger partial charge on any atom is -0.479 e. The third-order valence-corrected chi connectivity index (χ3v) is 3.57. The lowest BCUT2D eigenvalue weighted by Gasteiger charge is -2.12. The van der Waals surface area contributed by atoms with Gasteiger partial charge in [0.15, 0.2) is 11.2 Å². The Morgan fingerprint density at radius 1 is 1.50 bits per heavy atom. The summed E-state index contributed by atoms with van der Waals surface area (Å²) in [7, 11) is 1.56. The maximum absolute atomic E-state index is 5.94. The van der Waals surface area contributed by atoms with Gasteiger partial charge in [-0.15, -0.1) is 0 Å². The zero-order chi connectivity index (χ0) is 13.1. The predicted molar refractivity (Wildman–Crippen MR) is 73.8 cm³/mol. The van der Waals surface area contributed by atoms with E-state index in [0.717, 1.165) is 17.9 Å². The number of rotatable bonds is 5. The molecule has 98 valence electrons. The number of fused-ring (bicyclic) bond motifs is 1. The molecule has 0 aliphatic heterocycles. The highest BCUT2D eigenvalue weighted by atomic mass is 32.2. The Hall–Kier alpha value is -1.50. The molecule has 18 heavy (non-hydrogen) atoms. The van der Waals surface area contributed by atoms with Gasteiger partial charge in [0, 0.05) is 6.54 Å². The highest BCUT2D eigenvalue weighted by molar-refractivity contribution is 7.98. The van der Waals surface area contributed by atoms with Gasteiger partial charge in [-0.25, -0.2) is 9.97 Å². The first-order valence-electron chi connectivity index (χ1n) is 5.67. The predicted octanol–water partition coefficient (Wildman–Crippen LogP) is 1.42. The summed E-state index contributed by atoms with van der Waals surface area (Å²) in [4.78, 5) is 12.6. The summed E-state index contributed by atoms with van der Waals surface area (Å²) in [6.07, 6.45) is 3.56. The maximum Gasteiger partial charge on any atom is 0.245 e. The molecule has 0 aromatic carbocycles. The lowest BCUT2D eigenvalue weighted by molar-refractivity contribution is 0.401. The molecule has 0 fully saturated rings. The number of nitrogen functional groups attached to an aromatic ring is 1. The van der Waals surface area contributed by atoms with Crippen molar-refractivity contribution >= 4 is 28.9 Å². The number of aromatic nitrogens is 4. The summed E-state index contributed by atoms with van der Waals surface area (Å²) < 4.78 is 7.08. The van der Waals surface area contributed by atoms with Crippen molar-refractivity contribution in [3.63, 3.8) is 0 Å². The number of imidazole rings is 1. The van der Waals surface area contributed by atoms with Crippen LogP contribution < -0.4 is 10.5 Å². The molecule has 0 aliphatic carbocycles. The van der Waals surface area contributed by atoms with Crippen LogP contribution in [0.2, 0.25) is 0 Å². The second kappa shape index (κ2) is 5.43. The first kappa shape index (κ1) is 12.9. The Kier molecular flexibility index (Phi) is 3.90. The molecule has 0 aliphatic rings. The van der Waals surface area contributed by atoms with E-state index in [1.807, 2.05) is 16.3 Å². The maximum atomic E-state index is 5.94. The fourth-order valence-electron chi connectivity index (χ4n) is 1.91. The van der Waals surface area contributed by atoms with Crippen LogP contribution in [0.5, 0.6) is 5.88 Å². The van der Waals surface area contributed by atoms with E-state index in [1.165, 1.54) is 6.33 Å². The molecule has 2 rings (SSSR count). The van der Waals surface area contributed by atoms with Crippen molar-refractivity contribution in [1.29, 1.82) is 0 Å². The Morgan fingerprint density at radius 2 is 2.28 bits per heavy atom. The first-order chi connectivity index (χ1) is 8.67. The number of thioether (sulfide) groups is 1. The van der Waals surface area contributed by atoms with Crippen molar-refractivity contribution in [2.75, 3.05) is 24.9 Å². The monoisotopic (exact) mass is 267 g/mol. The molecule has 0 bridgehead atoms. The average Bonchev–Trinajstić information content (AvgIpc) is 2.66. The summed E-state index contributed by atoms with van der Waals surface area (Å²) in [6.45, 7) is 2.98. The lowest BCUT2D eigenvalue weighted by Crippen LogP contribution is -2.12. The van der Waals surface area contributed by atoms with Crippen molar-refractivity contribution in [3.8, 4) is 5.88 Å². The van der Waals surface area contributed by atoms with Crippen molar-refractivity contribution in [2.24, 2.45) is 5.92 Å². The summed E-state index contributed by atoms with van der Waals surface area (Å²) >= 11 is 1.82. The fraction of sp³-hybridized carbons (Fsp3) is 0.545. The van der Waals surface area contributed by atoms with Crippen LogP contribution in [0.25, 0.3) is 11.2 Å². The molecule has 0 saturated carbocycles. The molecular formula is C11H17N5OS. The van der Waals surface area contributed by atoms with Crippen LogP contribution in [0.3, 0.4) is 0 Å². The van der Waals surface area contributed by atoms with Gasteiger partial charge < -0.3 is 10.5 Å². The molecular weight excluding hydrogens is 250 g/mol. The minimum absolute atomic E-state index is 0.455. The van der Waals surface area contributed by atoms with Crippen molar-refractivity contribution < 1.29 is 4.74 Å². The summed E-state index contributed by atoms with van der Waals surface area (Å²) in [5.74, 6) is 2.49. The Morgan fingerprint density at radius 3 is 2.94 bits per heavy atom. The normalized spacial score (nSPS) is 12.8. The van der Waals surface area contributed by atoms with Gasteiger partial charge in [-0.05, 0) is 17.9 Å². The van der Waals surface area contributed by atoms with Crippen LogP contribution in [-0.2, 0) is 6.54 Å². The van der Waals surface area contributed by atoms with E-state index in [2.05, 4.69) is 28.1 Å². The van der Waals surface area contributed by atoms with Crippen molar-refractivity contribution in [2.45, 2.75) is 13.5 Å². The van der Waals surface area contributed by atoms with Crippen LogP contribution in [0, 0.1) is 5.92 Å². The van der Waals surface area contributed by atoms with E-state index in [-0.39, 0.29) is 0 Å². The second-order valence-electron chi connectivity index (χ2n) is 4.20. The van der Waals surface area contributed by atoms with Gasteiger partial charge >= 0.3 is 0 Å². The molecule has 2 N–H and O–H groups in total. The standard InChI is InChI=1S/C11H17N5OS/c1-7(5-18-3)4-16-9-8(15-11(16)12)10(17-2)14-6-13-9/h6-7H,4-5H2,1-3H3,(H2,12,15). The largest absolute Gasteiger partial charge is 0.479 e. The number of hydrogen-bond donors (Lipinski definition) is 1. The molecule has 0 saturated heterocycles. The Bertz CT molecular complexity index is 541. The molecule has 2 aromatic heterocycles. The molecule has 1 unspecified atom stereocenters. The molecule has 0 radical (unpaired) electrons. The molecule has 0 spiro atoms. The van der Waals surface area contributed by atoms with Crippen molar-refractivity contribution in [1.82, 2.24) is 19.5 Å². The van der Waals surface area contributed by atoms with E-state index >= 15 is 0 Å². The molecule has 2 heterocycles. The summed E-state index contributed by atoms with van der Waals surface area (Å²) in [5, 5.41) is 0. The summed E-state index contributed by atoms with van der Waals surface area (Å²) in [5.41, 5.74) is 7.29. The quantitative estimate of drug-likeness (QED) is 0.882. The van der Waals surface area contributed by atoms with Crippen LogP contribution in [-0.4, -0.2) is 38.6 Å². The second-order valence-corrected chi connectivity index (χ2v) is 5.11. The van der Waals surface area contributed by atoms with Crippen molar-refractivity contribution in [3.05, 3.63) is 6.33 Å². The van der Waals surface area contributed by atoms with E-state index in [0.29, 0.717) is 23.3 Å². The number of nitrogens with two attached hydrogens (primary N) is 1. The third kappa shape index (κ3) is 2.35. The SMILES string of the molecule is COc1ncnc2c1nc(N)n2CC(C)CSC. The van der Waals surface area contributed by atoms with E-state index in [9.17, 15) is 0 Å². The van der Waals surface area contributed by atoms with Crippen LogP contribution in [0.4, 0.5) is 5.95 Å². The van der Waals surface area contributed by atoms with Gasteiger partial charge in [-0.3, -0.25) is 4.57 Å². The Balaban J connectivity index is 2.41. The zero-order valence-corrected chi connectivity index (χ0v) is 11.6. The number of methoxy groups -OCH3 is 1. The van der Waals surface area contributed by atoms with Crippen LogP contribution in [0.15, 0.2) is 6.33 Å². The van der Waals surface area contributed by atoms with Gasteiger partial charge in [0.05, 0.1) is 7.11 Å². The minimum atomic E-state index is 0.455. The molecule has 1 atom stereocenters. The van der Waals surface area contributed by atoms with E-state index in [4.69, 9.17) is 10.5 Å². The topological polar surface area (TPSA) is 78.8 Å². The number of anilines is 1. The zero-order valence-electron chi connectivity index (χ0n) is 10.8. The molecule has 2 aromatic rings. The van der Waals surface area contributed by atoms with Gasteiger partial charge in [-0.1, -0.05) is 6.92 Å².